The van der Waals surface area contributed by atoms with Crippen LogP contribution in [-0.2, 0) is 16.0 Å². The van der Waals surface area contributed by atoms with E-state index < -0.39 is 0 Å². The molecule has 0 bridgehead atoms. The third-order valence-corrected chi connectivity index (χ3v) is 4.77. The third-order valence-electron chi connectivity index (χ3n) is 3.69. The van der Waals surface area contributed by atoms with E-state index >= 15 is 0 Å². The predicted octanol–water partition coefficient (Wildman–Crippen LogP) is 4.17. The summed E-state index contributed by atoms with van der Waals surface area (Å²) < 4.78 is 10.3. The molecular weight excluding hydrogens is 358 g/mol. The lowest BCUT2D eigenvalue weighted by molar-refractivity contribution is -0.146. The molecule has 0 spiro atoms. The van der Waals surface area contributed by atoms with Gasteiger partial charge in [-0.25, -0.2) is 0 Å². The van der Waals surface area contributed by atoms with Crippen molar-refractivity contribution >= 4 is 33.5 Å². The van der Waals surface area contributed by atoms with Crippen LogP contribution in [0.15, 0.2) is 28.8 Å². The minimum absolute atomic E-state index is 0.0160. The van der Waals surface area contributed by atoms with E-state index in [9.17, 15) is 4.79 Å². The van der Waals surface area contributed by atoms with E-state index in [0.717, 1.165) is 22.6 Å². The Morgan fingerprint density at radius 3 is 2.81 bits per heavy atom. The van der Waals surface area contributed by atoms with Gasteiger partial charge in [-0.05, 0) is 18.6 Å². The Kier molecular flexibility index (Phi) is 4.04. The fourth-order valence-electron chi connectivity index (χ4n) is 2.64. The molecule has 1 heterocycles. The molecule has 1 aromatic heterocycles. The van der Waals surface area contributed by atoms with Gasteiger partial charge in [0.05, 0.1) is 13.0 Å². The van der Waals surface area contributed by atoms with Crippen LogP contribution < -0.4 is 0 Å². The van der Waals surface area contributed by atoms with E-state index in [-0.39, 0.29) is 16.7 Å². The van der Waals surface area contributed by atoms with Crippen molar-refractivity contribution in [2.45, 2.75) is 17.7 Å². The maximum atomic E-state index is 11.7. The largest absolute Gasteiger partial charge is 0.469 e. The van der Waals surface area contributed by atoms with Crippen LogP contribution in [0.5, 0.6) is 0 Å². The number of nitrogens with zero attached hydrogens (tertiary/aromatic N) is 1. The van der Waals surface area contributed by atoms with Crippen molar-refractivity contribution in [2.75, 3.05) is 7.11 Å². The smallest absolute Gasteiger partial charge is 0.309 e. The molecule has 0 aliphatic heterocycles. The Morgan fingerprint density at radius 2 is 2.14 bits per heavy atom. The molecule has 1 aliphatic rings. The van der Waals surface area contributed by atoms with Crippen LogP contribution in [0.3, 0.4) is 0 Å². The van der Waals surface area contributed by atoms with Gasteiger partial charge in [-0.2, -0.15) is 0 Å². The van der Waals surface area contributed by atoms with Crippen LogP contribution in [-0.4, -0.2) is 18.2 Å². The lowest BCUT2D eigenvalue weighted by atomic mass is 9.86. The Bertz CT molecular complexity index is 668. The molecule has 1 aromatic carbocycles. The zero-order valence-corrected chi connectivity index (χ0v) is 13.6. The standard InChI is InChI=1S/C15H13BrClNO3/c1-20-15(19)9-6-11(16)13-12(7-9)21-18-14(13)8-2-4-10(17)5-3-8/h2-5,9,11H,6-7H2,1H3. The summed E-state index contributed by atoms with van der Waals surface area (Å²) in [6.45, 7) is 0. The Hall–Kier alpha value is -1.33. The number of hydrogen-bond donors (Lipinski definition) is 0. The number of ether oxygens (including phenoxy) is 1. The second-order valence-corrected chi connectivity index (χ2v) is 6.54. The van der Waals surface area contributed by atoms with Crippen LogP contribution in [0.4, 0.5) is 0 Å². The quantitative estimate of drug-likeness (QED) is 0.588. The molecule has 0 fully saturated rings. The number of aromatic nitrogens is 1. The van der Waals surface area contributed by atoms with Crippen molar-refractivity contribution in [3.05, 3.63) is 40.6 Å². The SMILES string of the molecule is COC(=O)C1Cc2onc(-c3ccc(Cl)cc3)c2C(Br)C1. The molecule has 0 saturated carbocycles. The van der Waals surface area contributed by atoms with Gasteiger partial charge in [0, 0.05) is 27.4 Å². The first-order chi connectivity index (χ1) is 10.1. The van der Waals surface area contributed by atoms with Gasteiger partial charge in [-0.1, -0.05) is 44.8 Å². The number of benzene rings is 1. The van der Waals surface area contributed by atoms with Gasteiger partial charge in [0.15, 0.2) is 0 Å². The van der Waals surface area contributed by atoms with Gasteiger partial charge >= 0.3 is 5.97 Å². The van der Waals surface area contributed by atoms with Gasteiger partial charge in [-0.15, -0.1) is 0 Å². The van der Waals surface area contributed by atoms with Crippen molar-refractivity contribution in [3.8, 4) is 11.3 Å². The summed E-state index contributed by atoms with van der Waals surface area (Å²) in [7, 11) is 1.40. The van der Waals surface area contributed by atoms with Gasteiger partial charge in [0.1, 0.15) is 11.5 Å². The van der Waals surface area contributed by atoms with Crippen molar-refractivity contribution in [2.24, 2.45) is 5.92 Å². The zero-order chi connectivity index (χ0) is 15.0. The summed E-state index contributed by atoms with van der Waals surface area (Å²) in [5.41, 5.74) is 2.76. The summed E-state index contributed by atoms with van der Waals surface area (Å²) in [4.78, 5) is 11.7. The minimum atomic E-state index is -0.213. The van der Waals surface area contributed by atoms with Crippen molar-refractivity contribution in [3.63, 3.8) is 0 Å². The molecule has 2 unspecified atom stereocenters. The first-order valence-electron chi connectivity index (χ1n) is 6.56. The number of hydrogen-bond acceptors (Lipinski definition) is 4. The minimum Gasteiger partial charge on any atom is -0.469 e. The third kappa shape index (κ3) is 2.72. The maximum Gasteiger partial charge on any atom is 0.309 e. The molecule has 0 saturated heterocycles. The highest BCUT2D eigenvalue weighted by Gasteiger charge is 2.36. The molecule has 1 aliphatic carbocycles. The Labute approximate surface area is 135 Å². The van der Waals surface area contributed by atoms with Crippen LogP contribution in [0.1, 0.15) is 22.6 Å². The number of esters is 1. The van der Waals surface area contributed by atoms with E-state index in [0.29, 0.717) is 17.9 Å². The Morgan fingerprint density at radius 1 is 1.43 bits per heavy atom. The van der Waals surface area contributed by atoms with Gasteiger partial charge in [0.25, 0.3) is 0 Å². The predicted molar refractivity (Wildman–Crippen MR) is 82.4 cm³/mol. The maximum absolute atomic E-state index is 11.7. The first kappa shape index (κ1) is 14.6. The topological polar surface area (TPSA) is 52.3 Å². The lowest BCUT2D eigenvalue weighted by Crippen LogP contribution is -2.24. The highest BCUT2D eigenvalue weighted by atomic mass is 79.9. The van der Waals surface area contributed by atoms with Crippen molar-refractivity contribution in [1.29, 1.82) is 0 Å². The van der Waals surface area contributed by atoms with Crippen molar-refractivity contribution in [1.82, 2.24) is 5.16 Å². The number of carbonyl (C=O) groups excluding carboxylic acids is 1. The second kappa shape index (κ2) is 5.81. The molecule has 2 aromatic rings. The molecule has 6 heteroatoms. The molecule has 21 heavy (non-hydrogen) atoms. The summed E-state index contributed by atoms with van der Waals surface area (Å²) in [6.07, 6.45) is 1.19. The van der Waals surface area contributed by atoms with E-state index in [1.165, 1.54) is 7.11 Å². The number of fused-ring (bicyclic) bond motifs is 1. The Balaban J connectivity index is 1.97. The van der Waals surface area contributed by atoms with Gasteiger partial charge in [-0.3, -0.25) is 4.79 Å². The number of carbonyl (C=O) groups is 1. The molecule has 4 nitrogen and oxygen atoms in total. The number of methoxy groups -OCH3 is 1. The highest BCUT2D eigenvalue weighted by molar-refractivity contribution is 9.09. The molecule has 110 valence electrons. The molecule has 0 amide bonds. The van der Waals surface area contributed by atoms with E-state index in [1.54, 1.807) is 0 Å². The molecule has 2 atom stereocenters. The zero-order valence-electron chi connectivity index (χ0n) is 11.3. The fourth-order valence-corrected chi connectivity index (χ4v) is 3.69. The summed E-state index contributed by atoms with van der Waals surface area (Å²) >= 11 is 9.54. The average molecular weight is 371 g/mol. The number of rotatable bonds is 2. The van der Waals surface area contributed by atoms with Crippen LogP contribution in [0, 0.1) is 5.92 Å². The van der Waals surface area contributed by atoms with Crippen LogP contribution in [0.25, 0.3) is 11.3 Å². The van der Waals surface area contributed by atoms with Gasteiger partial charge in [0.2, 0.25) is 0 Å². The first-order valence-corrected chi connectivity index (χ1v) is 7.85. The summed E-state index contributed by atoms with van der Waals surface area (Å²) in [6, 6.07) is 7.46. The van der Waals surface area contributed by atoms with E-state index in [4.69, 9.17) is 20.9 Å². The van der Waals surface area contributed by atoms with Gasteiger partial charge < -0.3 is 9.26 Å². The molecule has 0 radical (unpaired) electrons. The fraction of sp³-hybridized carbons (Fsp3) is 0.333. The monoisotopic (exact) mass is 369 g/mol. The molecule has 3 rings (SSSR count). The second-order valence-electron chi connectivity index (χ2n) is 5.00. The number of halogens is 2. The lowest BCUT2D eigenvalue weighted by Gasteiger charge is -2.23. The van der Waals surface area contributed by atoms with E-state index in [1.807, 2.05) is 24.3 Å². The normalized spacial score (nSPS) is 20.9. The van der Waals surface area contributed by atoms with Crippen LogP contribution in [0.2, 0.25) is 5.02 Å². The van der Waals surface area contributed by atoms with E-state index in [2.05, 4.69) is 21.1 Å². The molecule has 0 N–H and O–H groups in total. The highest BCUT2D eigenvalue weighted by Crippen LogP contribution is 2.44. The summed E-state index contributed by atoms with van der Waals surface area (Å²) in [5, 5.41) is 4.85. The number of alkyl halides is 1. The average Bonchev–Trinajstić information content (AvgIpc) is 2.91. The van der Waals surface area contributed by atoms with Crippen LogP contribution >= 0.6 is 27.5 Å². The molecular formula is C15H13BrClNO3. The van der Waals surface area contributed by atoms with Crippen molar-refractivity contribution < 1.29 is 14.1 Å². The summed E-state index contributed by atoms with van der Waals surface area (Å²) in [5.74, 6) is 0.330.